The second kappa shape index (κ2) is 6.39. The molecular weight excluding hydrogens is 266 g/mol. The van der Waals surface area contributed by atoms with E-state index in [0.717, 1.165) is 0 Å². The van der Waals surface area contributed by atoms with E-state index >= 15 is 0 Å². The summed E-state index contributed by atoms with van der Waals surface area (Å²) < 4.78 is 1.46. The SMILES string of the molecule is CC(CCO)CNC(=O)c1sccc1-n1cnnn1. The molecule has 2 aromatic heterocycles. The summed E-state index contributed by atoms with van der Waals surface area (Å²) in [6, 6.07) is 1.80. The summed E-state index contributed by atoms with van der Waals surface area (Å²) in [7, 11) is 0. The van der Waals surface area contributed by atoms with E-state index < -0.39 is 0 Å². The van der Waals surface area contributed by atoms with Gasteiger partial charge < -0.3 is 10.4 Å². The van der Waals surface area contributed by atoms with E-state index in [0.29, 0.717) is 23.5 Å². The summed E-state index contributed by atoms with van der Waals surface area (Å²) in [6.07, 6.45) is 2.12. The van der Waals surface area contributed by atoms with Crippen LogP contribution in [0, 0.1) is 5.92 Å². The minimum absolute atomic E-state index is 0.131. The smallest absolute Gasteiger partial charge is 0.263 e. The molecule has 2 heterocycles. The monoisotopic (exact) mass is 281 g/mol. The van der Waals surface area contributed by atoms with Crippen molar-refractivity contribution in [2.45, 2.75) is 13.3 Å². The number of aliphatic hydroxyl groups is 1. The molecule has 1 amide bonds. The molecule has 0 aliphatic carbocycles. The zero-order valence-corrected chi connectivity index (χ0v) is 11.3. The Morgan fingerprint density at radius 3 is 3.16 bits per heavy atom. The first kappa shape index (κ1) is 13.6. The number of nitrogens with zero attached hydrogens (tertiary/aromatic N) is 4. The first-order valence-electron chi connectivity index (χ1n) is 5.92. The molecule has 1 atom stereocenters. The lowest BCUT2D eigenvalue weighted by molar-refractivity contribution is 0.0949. The summed E-state index contributed by atoms with van der Waals surface area (Å²) in [5.74, 6) is 0.0932. The zero-order chi connectivity index (χ0) is 13.7. The van der Waals surface area contributed by atoms with Crippen LogP contribution in [0.3, 0.4) is 0 Å². The molecule has 0 radical (unpaired) electrons. The van der Waals surface area contributed by atoms with Gasteiger partial charge in [0.1, 0.15) is 11.2 Å². The number of hydrogen-bond acceptors (Lipinski definition) is 6. The van der Waals surface area contributed by atoms with Crippen LogP contribution in [0.4, 0.5) is 0 Å². The summed E-state index contributed by atoms with van der Waals surface area (Å²) in [4.78, 5) is 12.7. The summed E-state index contributed by atoms with van der Waals surface area (Å²) in [6.45, 7) is 2.64. The second-order valence-corrected chi connectivity index (χ2v) is 5.13. The van der Waals surface area contributed by atoms with E-state index in [4.69, 9.17) is 5.11 Å². The molecule has 0 aliphatic rings. The Balaban J connectivity index is 2.02. The molecule has 0 bridgehead atoms. The van der Waals surface area contributed by atoms with Crippen LogP contribution in [0.15, 0.2) is 17.8 Å². The average molecular weight is 281 g/mol. The topological polar surface area (TPSA) is 92.9 Å². The average Bonchev–Trinajstić information content (AvgIpc) is 3.05. The number of thiophene rings is 1. The van der Waals surface area contributed by atoms with Gasteiger partial charge in [-0.05, 0) is 34.2 Å². The van der Waals surface area contributed by atoms with E-state index in [1.807, 2.05) is 12.3 Å². The Morgan fingerprint density at radius 1 is 1.63 bits per heavy atom. The molecule has 102 valence electrons. The molecule has 0 fully saturated rings. The lowest BCUT2D eigenvalue weighted by Crippen LogP contribution is -2.28. The van der Waals surface area contributed by atoms with Crippen molar-refractivity contribution in [3.63, 3.8) is 0 Å². The van der Waals surface area contributed by atoms with Crippen molar-refractivity contribution in [1.29, 1.82) is 0 Å². The molecule has 0 saturated carbocycles. The number of aliphatic hydroxyl groups excluding tert-OH is 1. The molecule has 0 spiro atoms. The fourth-order valence-corrected chi connectivity index (χ4v) is 2.39. The third-order valence-corrected chi connectivity index (χ3v) is 3.58. The number of nitrogens with one attached hydrogen (secondary N) is 1. The number of carbonyl (C=O) groups excluding carboxylic acids is 1. The number of rotatable bonds is 6. The van der Waals surface area contributed by atoms with Gasteiger partial charge in [-0.2, -0.15) is 4.68 Å². The van der Waals surface area contributed by atoms with Crippen molar-refractivity contribution in [3.05, 3.63) is 22.7 Å². The Hall–Kier alpha value is -1.80. The van der Waals surface area contributed by atoms with E-state index in [-0.39, 0.29) is 18.4 Å². The standard InChI is InChI=1S/C11H15N5O2S/c1-8(2-4-17)6-12-11(18)10-9(3-5-19-10)16-7-13-14-15-16/h3,5,7-8,17H,2,4,6H2,1H3,(H,12,18). The lowest BCUT2D eigenvalue weighted by Gasteiger charge is -2.11. The van der Waals surface area contributed by atoms with Gasteiger partial charge >= 0.3 is 0 Å². The third-order valence-electron chi connectivity index (χ3n) is 2.68. The van der Waals surface area contributed by atoms with Gasteiger partial charge in [0, 0.05) is 13.2 Å². The molecule has 1 unspecified atom stereocenters. The maximum atomic E-state index is 12.1. The molecule has 2 aromatic rings. The van der Waals surface area contributed by atoms with Crippen LogP contribution in [-0.4, -0.2) is 44.4 Å². The van der Waals surface area contributed by atoms with Gasteiger partial charge in [0.15, 0.2) is 0 Å². The van der Waals surface area contributed by atoms with Gasteiger partial charge in [-0.3, -0.25) is 4.79 Å². The van der Waals surface area contributed by atoms with E-state index in [1.165, 1.54) is 22.3 Å². The summed E-state index contributed by atoms with van der Waals surface area (Å²) in [5, 5.41) is 24.4. The van der Waals surface area contributed by atoms with Crippen molar-refractivity contribution < 1.29 is 9.90 Å². The Kier molecular flexibility index (Phi) is 4.58. The minimum atomic E-state index is -0.148. The molecule has 8 heteroatoms. The fourth-order valence-electron chi connectivity index (χ4n) is 1.59. The summed E-state index contributed by atoms with van der Waals surface area (Å²) >= 11 is 1.34. The molecular formula is C11H15N5O2S. The van der Waals surface area contributed by atoms with Crippen LogP contribution in [0.25, 0.3) is 5.69 Å². The van der Waals surface area contributed by atoms with Crippen LogP contribution < -0.4 is 5.32 Å². The van der Waals surface area contributed by atoms with Crippen LogP contribution >= 0.6 is 11.3 Å². The van der Waals surface area contributed by atoms with Gasteiger partial charge in [0.25, 0.3) is 5.91 Å². The van der Waals surface area contributed by atoms with Gasteiger partial charge in [0.05, 0.1) is 5.69 Å². The highest BCUT2D eigenvalue weighted by Crippen LogP contribution is 2.19. The Labute approximate surface area is 114 Å². The van der Waals surface area contributed by atoms with Crippen molar-refractivity contribution >= 4 is 17.2 Å². The molecule has 2 rings (SSSR count). The highest BCUT2D eigenvalue weighted by molar-refractivity contribution is 7.12. The van der Waals surface area contributed by atoms with Crippen molar-refractivity contribution in [2.24, 2.45) is 5.92 Å². The number of amides is 1. The largest absolute Gasteiger partial charge is 0.396 e. The number of hydrogen-bond donors (Lipinski definition) is 2. The van der Waals surface area contributed by atoms with Crippen molar-refractivity contribution in [1.82, 2.24) is 25.5 Å². The highest BCUT2D eigenvalue weighted by Gasteiger charge is 2.15. The molecule has 0 saturated heterocycles. The number of aromatic nitrogens is 4. The van der Waals surface area contributed by atoms with E-state index in [9.17, 15) is 4.79 Å². The van der Waals surface area contributed by atoms with Crippen molar-refractivity contribution in [3.8, 4) is 5.69 Å². The number of tetrazole rings is 1. The molecule has 0 aromatic carbocycles. The van der Waals surface area contributed by atoms with Gasteiger partial charge in [-0.15, -0.1) is 16.4 Å². The molecule has 2 N–H and O–H groups in total. The zero-order valence-electron chi connectivity index (χ0n) is 10.5. The van der Waals surface area contributed by atoms with Crippen LogP contribution in [0.2, 0.25) is 0 Å². The second-order valence-electron chi connectivity index (χ2n) is 4.22. The van der Waals surface area contributed by atoms with Crippen molar-refractivity contribution in [2.75, 3.05) is 13.2 Å². The molecule has 19 heavy (non-hydrogen) atoms. The quantitative estimate of drug-likeness (QED) is 0.803. The van der Waals surface area contributed by atoms with Crippen LogP contribution in [0.5, 0.6) is 0 Å². The Morgan fingerprint density at radius 2 is 2.47 bits per heavy atom. The predicted molar refractivity (Wildman–Crippen MR) is 70.2 cm³/mol. The van der Waals surface area contributed by atoms with E-state index in [1.54, 1.807) is 6.07 Å². The van der Waals surface area contributed by atoms with Gasteiger partial charge in [-0.25, -0.2) is 0 Å². The minimum Gasteiger partial charge on any atom is -0.396 e. The first-order valence-corrected chi connectivity index (χ1v) is 6.80. The number of carbonyl (C=O) groups is 1. The maximum absolute atomic E-state index is 12.1. The van der Waals surface area contributed by atoms with Crippen LogP contribution in [-0.2, 0) is 0 Å². The lowest BCUT2D eigenvalue weighted by atomic mass is 10.1. The van der Waals surface area contributed by atoms with E-state index in [2.05, 4.69) is 20.8 Å². The maximum Gasteiger partial charge on any atom is 0.263 e. The predicted octanol–water partition coefficient (Wildman–Crippen LogP) is 0.472. The fraction of sp³-hybridized carbons (Fsp3) is 0.455. The normalized spacial score (nSPS) is 12.3. The molecule has 7 nitrogen and oxygen atoms in total. The molecule has 0 aliphatic heterocycles. The Bertz CT molecular complexity index is 525. The van der Waals surface area contributed by atoms with Gasteiger partial charge in [-0.1, -0.05) is 6.92 Å². The third kappa shape index (κ3) is 3.36. The van der Waals surface area contributed by atoms with Gasteiger partial charge in [0.2, 0.25) is 0 Å². The first-order chi connectivity index (χ1) is 9.22. The summed E-state index contributed by atoms with van der Waals surface area (Å²) in [5.41, 5.74) is 0.669. The highest BCUT2D eigenvalue weighted by atomic mass is 32.1. The van der Waals surface area contributed by atoms with Crippen LogP contribution in [0.1, 0.15) is 23.0 Å².